The minimum absolute atomic E-state index is 0.0491. The highest BCUT2D eigenvalue weighted by Crippen LogP contribution is 2.25. The lowest BCUT2D eigenvalue weighted by atomic mass is 10.3. The average Bonchev–Trinajstić information content (AvgIpc) is 2.57. The zero-order chi connectivity index (χ0) is 17.7. The van der Waals surface area contributed by atoms with Crippen molar-refractivity contribution in [1.82, 2.24) is 0 Å². The number of anilines is 1. The Balaban J connectivity index is 1.99. The van der Waals surface area contributed by atoms with Gasteiger partial charge in [-0.3, -0.25) is 4.79 Å². The van der Waals surface area contributed by atoms with Gasteiger partial charge >= 0.3 is 0 Å². The highest BCUT2D eigenvalue weighted by Gasteiger charge is 2.15. The largest absolute Gasteiger partial charge is 0.325 e. The molecular weight excluding hydrogens is 366 g/mol. The molecule has 7 heteroatoms. The third-order valence-electron chi connectivity index (χ3n) is 3.36. The number of nitrogens with one attached hydrogen (secondary N) is 1. The summed E-state index contributed by atoms with van der Waals surface area (Å²) in [5.41, 5.74) is 0.568. The van der Waals surface area contributed by atoms with Crippen LogP contribution in [0.2, 0.25) is 5.02 Å². The smallest absolute Gasteiger partial charge is 0.237 e. The summed E-state index contributed by atoms with van der Waals surface area (Å²) >= 11 is 7.27. The summed E-state index contributed by atoms with van der Waals surface area (Å²) < 4.78 is 23.5. The summed E-state index contributed by atoms with van der Waals surface area (Å²) in [6.45, 7) is 3.41. The maximum Gasteiger partial charge on any atom is 0.237 e. The molecule has 0 saturated heterocycles. The first-order chi connectivity index (χ1) is 11.3. The normalized spacial score (nSPS) is 12.6. The Morgan fingerprint density at radius 3 is 2.25 bits per heavy atom. The van der Waals surface area contributed by atoms with Gasteiger partial charge in [0, 0.05) is 15.6 Å². The lowest BCUT2D eigenvalue weighted by Crippen LogP contribution is -2.22. The summed E-state index contributed by atoms with van der Waals surface area (Å²) in [6, 6.07) is 13.5. The fourth-order valence-electron chi connectivity index (χ4n) is 1.93. The maximum atomic E-state index is 12.2. The van der Waals surface area contributed by atoms with E-state index in [1.165, 1.54) is 23.9 Å². The molecule has 1 unspecified atom stereocenters. The van der Waals surface area contributed by atoms with Crippen molar-refractivity contribution in [2.45, 2.75) is 28.9 Å². The molecular formula is C17H18ClNO3S2. The molecule has 1 amide bonds. The second-order valence-electron chi connectivity index (χ2n) is 5.13. The van der Waals surface area contributed by atoms with E-state index in [4.69, 9.17) is 11.6 Å². The van der Waals surface area contributed by atoms with Gasteiger partial charge in [0.1, 0.15) is 0 Å². The van der Waals surface area contributed by atoms with Crippen LogP contribution >= 0.6 is 23.4 Å². The van der Waals surface area contributed by atoms with E-state index in [1.54, 1.807) is 31.2 Å². The molecule has 4 nitrogen and oxygen atoms in total. The van der Waals surface area contributed by atoms with Crippen molar-refractivity contribution in [3.05, 3.63) is 53.6 Å². The number of thioether (sulfide) groups is 1. The van der Waals surface area contributed by atoms with Crippen LogP contribution in [0.5, 0.6) is 0 Å². The van der Waals surface area contributed by atoms with Gasteiger partial charge in [0.25, 0.3) is 0 Å². The Bertz CT molecular complexity index is 803. The molecule has 1 N–H and O–H groups in total. The van der Waals surface area contributed by atoms with Crippen LogP contribution in [0, 0.1) is 0 Å². The van der Waals surface area contributed by atoms with Gasteiger partial charge in [-0.1, -0.05) is 18.5 Å². The number of benzene rings is 2. The first-order valence-corrected chi connectivity index (χ1v) is 10.3. The van der Waals surface area contributed by atoms with Gasteiger partial charge in [-0.15, -0.1) is 11.8 Å². The van der Waals surface area contributed by atoms with E-state index in [9.17, 15) is 13.2 Å². The van der Waals surface area contributed by atoms with Crippen molar-refractivity contribution >= 4 is 44.8 Å². The van der Waals surface area contributed by atoms with Gasteiger partial charge in [-0.2, -0.15) is 0 Å². The van der Waals surface area contributed by atoms with Crippen LogP contribution in [0.4, 0.5) is 5.69 Å². The van der Waals surface area contributed by atoms with Gasteiger partial charge in [0.15, 0.2) is 9.84 Å². The van der Waals surface area contributed by atoms with Crippen LogP contribution < -0.4 is 5.32 Å². The fourth-order valence-corrected chi connectivity index (χ4v) is 3.80. The first-order valence-electron chi connectivity index (χ1n) is 7.37. The van der Waals surface area contributed by atoms with Gasteiger partial charge < -0.3 is 5.32 Å². The summed E-state index contributed by atoms with van der Waals surface area (Å²) in [5.74, 6) is -0.103. The molecule has 1 atom stereocenters. The lowest BCUT2D eigenvalue weighted by molar-refractivity contribution is -0.115. The third kappa shape index (κ3) is 5.00. The number of hydrogen-bond acceptors (Lipinski definition) is 4. The summed E-state index contributed by atoms with van der Waals surface area (Å²) in [7, 11) is -3.23. The van der Waals surface area contributed by atoms with Crippen molar-refractivity contribution in [3.8, 4) is 0 Å². The van der Waals surface area contributed by atoms with Gasteiger partial charge in [-0.25, -0.2) is 8.42 Å². The number of halogens is 1. The topological polar surface area (TPSA) is 63.2 Å². The van der Waals surface area contributed by atoms with E-state index in [1.807, 2.05) is 19.1 Å². The number of carbonyl (C=O) groups is 1. The Kier molecular flexibility index (Phi) is 6.32. The molecule has 0 aliphatic carbocycles. The molecule has 2 aromatic carbocycles. The summed E-state index contributed by atoms with van der Waals surface area (Å²) in [5, 5.41) is 3.14. The number of sulfone groups is 1. The van der Waals surface area contributed by atoms with E-state index in [-0.39, 0.29) is 21.8 Å². The predicted molar refractivity (Wildman–Crippen MR) is 99.6 cm³/mol. The Morgan fingerprint density at radius 2 is 1.71 bits per heavy atom. The van der Waals surface area contributed by atoms with Crippen LogP contribution in [0.3, 0.4) is 0 Å². The Hall–Kier alpha value is -1.50. The number of rotatable bonds is 6. The maximum absolute atomic E-state index is 12.2. The monoisotopic (exact) mass is 383 g/mol. The van der Waals surface area contributed by atoms with Crippen LogP contribution in [0.1, 0.15) is 13.8 Å². The lowest BCUT2D eigenvalue weighted by Gasteiger charge is -2.12. The quantitative estimate of drug-likeness (QED) is 0.757. The average molecular weight is 384 g/mol. The number of hydrogen-bond donors (Lipinski definition) is 1. The SMILES string of the molecule is CCS(=O)(=O)c1ccc(NC(=O)C(C)Sc2ccc(Cl)cc2)cc1. The molecule has 0 fully saturated rings. The van der Waals surface area contributed by atoms with Crippen molar-refractivity contribution in [1.29, 1.82) is 0 Å². The highest BCUT2D eigenvalue weighted by molar-refractivity contribution is 8.00. The van der Waals surface area contributed by atoms with E-state index in [0.717, 1.165) is 4.90 Å². The van der Waals surface area contributed by atoms with Crippen molar-refractivity contribution in [2.24, 2.45) is 0 Å². The zero-order valence-electron chi connectivity index (χ0n) is 13.3. The van der Waals surface area contributed by atoms with Crippen LogP contribution in [-0.2, 0) is 14.6 Å². The second kappa shape index (κ2) is 8.05. The minimum Gasteiger partial charge on any atom is -0.325 e. The van der Waals surface area contributed by atoms with Crippen LogP contribution in [-0.4, -0.2) is 25.3 Å². The van der Waals surface area contributed by atoms with Gasteiger partial charge in [-0.05, 0) is 55.5 Å². The minimum atomic E-state index is -3.23. The Labute approximate surface area is 151 Å². The van der Waals surface area contributed by atoms with E-state index in [2.05, 4.69) is 5.32 Å². The van der Waals surface area contributed by atoms with Gasteiger partial charge in [0.05, 0.1) is 15.9 Å². The summed E-state index contributed by atoms with van der Waals surface area (Å²) in [6.07, 6.45) is 0. The fraction of sp³-hybridized carbons (Fsp3) is 0.235. The van der Waals surface area contributed by atoms with Gasteiger partial charge in [0.2, 0.25) is 5.91 Å². The second-order valence-corrected chi connectivity index (χ2v) is 9.26. The highest BCUT2D eigenvalue weighted by atomic mass is 35.5. The van der Waals surface area contributed by atoms with Crippen LogP contribution in [0.25, 0.3) is 0 Å². The number of amides is 1. The van der Waals surface area contributed by atoms with Crippen LogP contribution in [0.15, 0.2) is 58.3 Å². The Morgan fingerprint density at radius 1 is 1.12 bits per heavy atom. The van der Waals surface area contributed by atoms with E-state index < -0.39 is 9.84 Å². The molecule has 0 aromatic heterocycles. The zero-order valence-corrected chi connectivity index (χ0v) is 15.7. The molecule has 0 radical (unpaired) electrons. The molecule has 24 heavy (non-hydrogen) atoms. The molecule has 2 rings (SSSR count). The summed E-state index contributed by atoms with van der Waals surface area (Å²) in [4.78, 5) is 13.5. The molecule has 0 spiro atoms. The van der Waals surface area contributed by atoms with Crippen molar-refractivity contribution in [2.75, 3.05) is 11.1 Å². The molecule has 0 aliphatic heterocycles. The molecule has 128 valence electrons. The third-order valence-corrected chi connectivity index (χ3v) is 6.47. The molecule has 0 aliphatic rings. The van der Waals surface area contributed by atoms with E-state index >= 15 is 0 Å². The standard InChI is InChI=1S/C17H18ClNO3S2/c1-3-24(21,22)16-10-6-14(7-11-16)19-17(20)12(2)23-15-8-4-13(18)5-9-15/h4-12H,3H2,1-2H3,(H,19,20). The molecule has 2 aromatic rings. The number of carbonyl (C=O) groups excluding carboxylic acids is 1. The molecule has 0 saturated carbocycles. The van der Waals surface area contributed by atoms with E-state index in [0.29, 0.717) is 10.7 Å². The molecule has 0 bridgehead atoms. The predicted octanol–water partition coefficient (Wildman–Crippen LogP) is 4.25. The van der Waals surface area contributed by atoms with Crippen molar-refractivity contribution in [3.63, 3.8) is 0 Å². The van der Waals surface area contributed by atoms with Crippen molar-refractivity contribution < 1.29 is 13.2 Å². The molecule has 0 heterocycles. The first kappa shape index (κ1) is 18.8.